The highest BCUT2D eigenvalue weighted by Crippen LogP contribution is 2.31. The van der Waals surface area contributed by atoms with Crippen molar-refractivity contribution in [1.29, 1.82) is 5.26 Å². The zero-order valence-corrected chi connectivity index (χ0v) is 15.1. The maximum absolute atomic E-state index is 12.8. The van der Waals surface area contributed by atoms with Crippen molar-refractivity contribution in [1.82, 2.24) is 4.98 Å². The third kappa shape index (κ3) is 4.61. The molecule has 2 aromatic heterocycles. The Kier molecular flexibility index (Phi) is 5.39. The van der Waals surface area contributed by atoms with Crippen LogP contribution in [0, 0.1) is 11.3 Å². The summed E-state index contributed by atoms with van der Waals surface area (Å²) in [5.74, 6) is -0.804. The van der Waals surface area contributed by atoms with Crippen LogP contribution in [0.4, 0.5) is 18.9 Å². The van der Waals surface area contributed by atoms with Crippen LogP contribution in [0.25, 0.3) is 16.6 Å². The number of nitrogens with one attached hydrogen (secondary N) is 1. The van der Waals surface area contributed by atoms with Gasteiger partial charge in [0.05, 0.1) is 11.3 Å². The van der Waals surface area contributed by atoms with Gasteiger partial charge in [0, 0.05) is 22.0 Å². The van der Waals surface area contributed by atoms with Crippen molar-refractivity contribution in [2.75, 3.05) is 5.32 Å². The number of anilines is 1. The van der Waals surface area contributed by atoms with E-state index in [2.05, 4.69) is 10.3 Å². The molecule has 1 amide bonds. The molecule has 0 atom stereocenters. The Hall–Kier alpha value is -2.96. The zero-order valence-electron chi connectivity index (χ0n) is 13.4. The van der Waals surface area contributed by atoms with Crippen molar-refractivity contribution < 1.29 is 18.0 Å². The number of nitriles is 1. The number of thiazole rings is 1. The second-order valence-corrected chi connectivity index (χ2v) is 6.93. The Balaban J connectivity index is 1.79. The van der Waals surface area contributed by atoms with E-state index in [4.69, 9.17) is 0 Å². The summed E-state index contributed by atoms with van der Waals surface area (Å²) in [5.41, 5.74) is 0.180. The highest BCUT2D eigenvalue weighted by Gasteiger charge is 2.30. The summed E-state index contributed by atoms with van der Waals surface area (Å²) in [5, 5.41) is 17.8. The van der Waals surface area contributed by atoms with Crippen LogP contribution in [0.15, 0.2) is 52.0 Å². The third-order valence-corrected chi connectivity index (χ3v) is 4.99. The van der Waals surface area contributed by atoms with Crippen LogP contribution in [0.2, 0.25) is 0 Å². The fraction of sp³-hybridized carbons (Fsp3) is 0.0556. The lowest BCUT2D eigenvalue weighted by Crippen LogP contribution is -2.14. The number of alkyl halides is 3. The van der Waals surface area contributed by atoms with E-state index in [-0.39, 0.29) is 11.3 Å². The lowest BCUT2D eigenvalue weighted by atomic mass is 10.1. The second-order valence-electron chi connectivity index (χ2n) is 5.29. The molecule has 3 rings (SSSR count). The van der Waals surface area contributed by atoms with E-state index in [1.807, 2.05) is 16.8 Å². The smallest absolute Gasteiger partial charge is 0.321 e. The highest BCUT2D eigenvalue weighted by atomic mass is 32.1. The summed E-state index contributed by atoms with van der Waals surface area (Å²) in [6.45, 7) is 0. The predicted octanol–water partition coefficient (Wildman–Crippen LogP) is 5.44. The molecule has 0 aliphatic heterocycles. The summed E-state index contributed by atoms with van der Waals surface area (Å²) >= 11 is 2.89. The van der Waals surface area contributed by atoms with Crippen molar-refractivity contribution in [3.8, 4) is 16.6 Å². The minimum Gasteiger partial charge on any atom is -0.321 e. The van der Waals surface area contributed by atoms with Crippen molar-refractivity contribution in [3.63, 3.8) is 0 Å². The normalized spacial score (nSPS) is 11.9. The van der Waals surface area contributed by atoms with Crippen molar-refractivity contribution >= 4 is 40.3 Å². The number of carbonyl (C=O) groups is 1. The van der Waals surface area contributed by atoms with Gasteiger partial charge >= 0.3 is 6.18 Å². The zero-order chi connectivity index (χ0) is 19.4. The summed E-state index contributed by atoms with van der Waals surface area (Å²) in [4.78, 5) is 16.6. The van der Waals surface area contributed by atoms with Gasteiger partial charge in [-0.2, -0.15) is 29.8 Å². The van der Waals surface area contributed by atoms with Crippen molar-refractivity contribution in [3.05, 3.63) is 63.3 Å². The largest absolute Gasteiger partial charge is 0.416 e. The molecular weight excluding hydrogens is 395 g/mol. The van der Waals surface area contributed by atoms with E-state index in [1.165, 1.54) is 40.9 Å². The van der Waals surface area contributed by atoms with Gasteiger partial charge in [-0.25, -0.2) is 4.98 Å². The van der Waals surface area contributed by atoms with Gasteiger partial charge < -0.3 is 5.32 Å². The first-order valence-corrected chi connectivity index (χ1v) is 9.27. The first kappa shape index (κ1) is 18.8. The maximum Gasteiger partial charge on any atom is 0.416 e. The molecule has 2 heterocycles. The molecule has 3 aromatic rings. The molecule has 9 heteroatoms. The van der Waals surface area contributed by atoms with E-state index >= 15 is 0 Å². The van der Waals surface area contributed by atoms with Crippen LogP contribution in [-0.2, 0) is 11.0 Å². The summed E-state index contributed by atoms with van der Waals surface area (Å²) in [7, 11) is 0. The Morgan fingerprint density at radius 2 is 2.07 bits per heavy atom. The third-order valence-electron chi connectivity index (χ3n) is 3.40. The molecule has 0 spiro atoms. The van der Waals surface area contributed by atoms with Crippen LogP contribution in [0.1, 0.15) is 11.3 Å². The molecule has 1 N–H and O–H groups in total. The maximum atomic E-state index is 12.8. The fourth-order valence-corrected chi connectivity index (χ4v) is 3.63. The van der Waals surface area contributed by atoms with Crippen LogP contribution in [-0.4, -0.2) is 10.9 Å². The van der Waals surface area contributed by atoms with Crippen molar-refractivity contribution in [2.24, 2.45) is 0 Å². The highest BCUT2D eigenvalue weighted by molar-refractivity contribution is 7.14. The molecule has 136 valence electrons. The fourth-order valence-electron chi connectivity index (χ4n) is 2.14. The van der Waals surface area contributed by atoms with Gasteiger partial charge in [0.2, 0.25) is 0 Å². The Labute approximate surface area is 160 Å². The number of hydrogen-bond donors (Lipinski definition) is 1. The number of thiophene rings is 1. The van der Waals surface area contributed by atoms with Crippen molar-refractivity contribution in [2.45, 2.75) is 6.18 Å². The average Bonchev–Trinajstić information content (AvgIpc) is 3.30. The summed E-state index contributed by atoms with van der Waals surface area (Å²) in [6, 6.07) is 7.87. The van der Waals surface area contributed by atoms with Gasteiger partial charge in [-0.05, 0) is 35.7 Å². The SMILES string of the molecule is N#C/C(=C/c1csc(-c2ccsc2)n1)C(=O)Nc1cccc(C(F)(F)F)c1. The Bertz CT molecular complexity index is 1030. The molecule has 27 heavy (non-hydrogen) atoms. The minimum absolute atomic E-state index is 0.0479. The number of hydrogen-bond acceptors (Lipinski definition) is 5. The lowest BCUT2D eigenvalue weighted by Gasteiger charge is -2.09. The number of nitrogens with zero attached hydrogens (tertiary/aromatic N) is 2. The Morgan fingerprint density at radius 1 is 1.26 bits per heavy atom. The molecular formula is C18H10F3N3OS2. The number of rotatable bonds is 4. The molecule has 1 aromatic carbocycles. The average molecular weight is 405 g/mol. The molecule has 4 nitrogen and oxygen atoms in total. The van der Waals surface area contributed by atoms with E-state index in [0.29, 0.717) is 5.69 Å². The quantitative estimate of drug-likeness (QED) is 0.465. The van der Waals surface area contributed by atoms with E-state index in [1.54, 1.807) is 11.4 Å². The summed E-state index contributed by atoms with van der Waals surface area (Å²) < 4.78 is 38.3. The van der Waals surface area contributed by atoms with Crippen LogP contribution < -0.4 is 5.32 Å². The molecule has 0 aliphatic carbocycles. The predicted molar refractivity (Wildman–Crippen MR) is 99.1 cm³/mol. The van der Waals surface area contributed by atoms with Gasteiger partial charge in [-0.1, -0.05) is 6.07 Å². The minimum atomic E-state index is -4.52. The molecule has 0 aliphatic rings. The molecule has 0 saturated carbocycles. The van der Waals surface area contributed by atoms with Gasteiger partial charge in [0.1, 0.15) is 16.6 Å². The second kappa shape index (κ2) is 7.73. The van der Waals surface area contributed by atoms with Gasteiger partial charge in [0.15, 0.2) is 0 Å². The lowest BCUT2D eigenvalue weighted by molar-refractivity contribution is -0.137. The number of carbonyl (C=O) groups excluding carboxylic acids is 1. The topological polar surface area (TPSA) is 65.8 Å². The first-order chi connectivity index (χ1) is 12.9. The summed E-state index contributed by atoms with van der Waals surface area (Å²) in [6.07, 6.45) is -3.22. The Morgan fingerprint density at radius 3 is 2.74 bits per heavy atom. The number of aromatic nitrogens is 1. The van der Waals surface area contributed by atoms with E-state index < -0.39 is 17.6 Å². The molecule has 0 saturated heterocycles. The van der Waals surface area contributed by atoms with Crippen LogP contribution in [0.5, 0.6) is 0 Å². The molecule has 0 bridgehead atoms. The van der Waals surface area contributed by atoms with Crippen LogP contribution >= 0.6 is 22.7 Å². The molecule has 0 fully saturated rings. The number of benzene rings is 1. The first-order valence-electron chi connectivity index (χ1n) is 7.45. The van der Waals surface area contributed by atoms with Gasteiger partial charge in [-0.15, -0.1) is 11.3 Å². The van der Waals surface area contributed by atoms with E-state index in [9.17, 15) is 23.2 Å². The van der Waals surface area contributed by atoms with E-state index in [0.717, 1.165) is 22.7 Å². The molecule has 0 radical (unpaired) electrons. The van der Waals surface area contributed by atoms with Crippen LogP contribution in [0.3, 0.4) is 0 Å². The molecule has 0 unspecified atom stereocenters. The van der Waals surface area contributed by atoms with Gasteiger partial charge in [-0.3, -0.25) is 4.79 Å². The monoisotopic (exact) mass is 405 g/mol. The number of halogens is 3. The van der Waals surface area contributed by atoms with Gasteiger partial charge in [0.25, 0.3) is 5.91 Å². The number of amides is 1. The standard InChI is InChI=1S/C18H10F3N3OS2/c19-18(20,21)13-2-1-3-14(7-13)23-16(25)12(8-22)6-15-10-27-17(24-15)11-4-5-26-9-11/h1-7,9-10H,(H,23,25)/b12-6-.